The van der Waals surface area contributed by atoms with E-state index in [1.165, 1.54) is 4.90 Å². The highest BCUT2D eigenvalue weighted by Crippen LogP contribution is 2.33. The van der Waals surface area contributed by atoms with E-state index in [1.807, 2.05) is 30.5 Å². The quantitative estimate of drug-likeness (QED) is 0.444. The van der Waals surface area contributed by atoms with E-state index in [-0.39, 0.29) is 31.4 Å². The number of rotatable bonds is 5. The third-order valence-corrected chi connectivity index (χ3v) is 6.26. The topological polar surface area (TPSA) is 122 Å². The van der Waals surface area contributed by atoms with Crippen molar-refractivity contribution in [3.63, 3.8) is 0 Å². The molecule has 10 heteroatoms. The monoisotopic (exact) mass is 456 g/mol. The van der Waals surface area contributed by atoms with E-state index in [1.54, 1.807) is 29.1 Å². The van der Waals surface area contributed by atoms with Crippen LogP contribution in [0.4, 0.5) is 0 Å². The maximum Gasteiger partial charge on any atom is 0.255 e. The Morgan fingerprint density at radius 3 is 2.91 bits per heavy atom. The molecule has 170 valence electrons. The number of benzene rings is 2. The molecule has 4 heterocycles. The van der Waals surface area contributed by atoms with Crippen LogP contribution < -0.4 is 10.1 Å². The Bertz CT molecular complexity index is 1450. The number of aromatic nitrogens is 4. The molecule has 1 atom stereocenters. The summed E-state index contributed by atoms with van der Waals surface area (Å²) < 4.78 is 7.70. The molecule has 4 aromatic rings. The van der Waals surface area contributed by atoms with Crippen LogP contribution in [0.1, 0.15) is 34.5 Å². The molecular weight excluding hydrogens is 436 g/mol. The number of H-pyrrole nitrogens is 1. The van der Waals surface area contributed by atoms with Crippen molar-refractivity contribution in [1.29, 1.82) is 0 Å². The van der Waals surface area contributed by atoms with E-state index in [0.717, 1.165) is 22.2 Å². The van der Waals surface area contributed by atoms with Gasteiger partial charge in [-0.1, -0.05) is 11.3 Å². The fourth-order valence-corrected chi connectivity index (χ4v) is 4.52. The fourth-order valence-electron chi connectivity index (χ4n) is 4.52. The third kappa shape index (κ3) is 3.40. The molecule has 2 N–H and O–H groups in total. The first kappa shape index (κ1) is 20.2. The smallest absolute Gasteiger partial charge is 0.255 e. The van der Waals surface area contributed by atoms with Crippen LogP contribution in [0.15, 0.2) is 54.9 Å². The lowest BCUT2D eigenvalue weighted by atomic mass is 10.0. The molecule has 2 aromatic carbocycles. The summed E-state index contributed by atoms with van der Waals surface area (Å²) in [5, 5.41) is 11.8. The average Bonchev–Trinajstić information content (AvgIpc) is 3.57. The number of hydrogen-bond donors (Lipinski definition) is 2. The Hall–Kier alpha value is -4.47. The van der Waals surface area contributed by atoms with Gasteiger partial charge in [0.15, 0.2) is 0 Å². The van der Waals surface area contributed by atoms with Crippen LogP contribution in [0.5, 0.6) is 5.75 Å². The van der Waals surface area contributed by atoms with Gasteiger partial charge in [-0.05, 0) is 42.8 Å². The van der Waals surface area contributed by atoms with Gasteiger partial charge in [0.1, 0.15) is 24.1 Å². The summed E-state index contributed by atoms with van der Waals surface area (Å²) in [4.78, 5) is 41.4. The number of fused-ring (bicyclic) bond motifs is 2. The van der Waals surface area contributed by atoms with Crippen molar-refractivity contribution in [3.8, 4) is 11.4 Å². The fraction of sp³-hybridized carbons (Fsp3) is 0.208. The van der Waals surface area contributed by atoms with E-state index < -0.39 is 11.9 Å². The Balaban J connectivity index is 1.18. The summed E-state index contributed by atoms with van der Waals surface area (Å²) in [5.74, 6) is -0.421. The molecule has 1 fully saturated rings. The normalized spacial score (nSPS) is 17.8. The summed E-state index contributed by atoms with van der Waals surface area (Å²) in [7, 11) is 0. The molecule has 2 aliphatic rings. The first-order valence-corrected chi connectivity index (χ1v) is 10.9. The number of carbonyl (C=O) groups is 3. The zero-order valence-electron chi connectivity index (χ0n) is 18.0. The summed E-state index contributed by atoms with van der Waals surface area (Å²) in [6, 6.07) is 12.6. The molecule has 0 radical (unpaired) electrons. The van der Waals surface area contributed by atoms with Crippen LogP contribution in [0, 0.1) is 0 Å². The molecule has 2 aromatic heterocycles. The van der Waals surface area contributed by atoms with Crippen molar-refractivity contribution in [2.24, 2.45) is 0 Å². The lowest BCUT2D eigenvalue weighted by molar-refractivity contribution is -0.136. The summed E-state index contributed by atoms with van der Waals surface area (Å²) in [6.07, 6.45) is 4.22. The Labute approximate surface area is 193 Å². The van der Waals surface area contributed by atoms with Crippen LogP contribution in [0.25, 0.3) is 16.6 Å². The van der Waals surface area contributed by atoms with Gasteiger partial charge in [0.2, 0.25) is 11.8 Å². The van der Waals surface area contributed by atoms with Gasteiger partial charge in [0.05, 0.1) is 18.4 Å². The maximum absolute atomic E-state index is 13.0. The second-order valence-corrected chi connectivity index (χ2v) is 8.37. The molecular formula is C24H20N6O4. The molecule has 10 nitrogen and oxygen atoms in total. The molecule has 0 spiro atoms. The summed E-state index contributed by atoms with van der Waals surface area (Å²) in [6.45, 7) is 0.426. The number of nitrogens with one attached hydrogen (secondary N) is 2. The Kier molecular flexibility index (Phi) is 4.65. The second kappa shape index (κ2) is 7.84. The lowest BCUT2D eigenvalue weighted by Gasteiger charge is -2.29. The molecule has 3 amide bonds. The van der Waals surface area contributed by atoms with Crippen molar-refractivity contribution in [2.75, 3.05) is 0 Å². The van der Waals surface area contributed by atoms with Gasteiger partial charge in [-0.2, -0.15) is 0 Å². The van der Waals surface area contributed by atoms with Crippen molar-refractivity contribution < 1.29 is 19.1 Å². The summed E-state index contributed by atoms with van der Waals surface area (Å²) >= 11 is 0. The molecule has 34 heavy (non-hydrogen) atoms. The van der Waals surface area contributed by atoms with Crippen LogP contribution in [-0.2, 0) is 22.7 Å². The number of amides is 3. The highest BCUT2D eigenvalue weighted by Gasteiger charge is 2.40. The standard InChI is InChI=1S/C24H20N6O4/c31-22-7-6-20(23(32)26-22)29-12-18-17(24(29)33)2-1-3-21(18)34-13-15-11-30(28-27-15)16-4-5-19-14(10-16)8-9-25-19/h1-5,8-11,20,25H,6-7,12-13H2,(H,26,31,32). The minimum absolute atomic E-state index is 0.176. The zero-order valence-corrected chi connectivity index (χ0v) is 18.0. The van der Waals surface area contributed by atoms with Gasteiger partial charge in [-0.3, -0.25) is 19.7 Å². The maximum atomic E-state index is 13.0. The number of imide groups is 1. The van der Waals surface area contributed by atoms with Gasteiger partial charge in [-0.15, -0.1) is 5.10 Å². The van der Waals surface area contributed by atoms with Crippen LogP contribution >= 0.6 is 0 Å². The third-order valence-electron chi connectivity index (χ3n) is 6.26. The molecule has 6 rings (SSSR count). The first-order chi connectivity index (χ1) is 16.6. The van der Waals surface area contributed by atoms with E-state index in [2.05, 4.69) is 20.6 Å². The minimum Gasteiger partial charge on any atom is -0.487 e. The van der Waals surface area contributed by atoms with Crippen molar-refractivity contribution in [2.45, 2.75) is 32.0 Å². The van der Waals surface area contributed by atoms with Crippen LogP contribution in [0.2, 0.25) is 0 Å². The van der Waals surface area contributed by atoms with Crippen LogP contribution in [-0.4, -0.2) is 48.6 Å². The lowest BCUT2D eigenvalue weighted by Crippen LogP contribution is -2.52. The van der Waals surface area contributed by atoms with E-state index in [9.17, 15) is 14.4 Å². The number of piperidine rings is 1. The second-order valence-electron chi connectivity index (χ2n) is 8.37. The van der Waals surface area contributed by atoms with Gasteiger partial charge >= 0.3 is 0 Å². The Morgan fingerprint density at radius 1 is 1.12 bits per heavy atom. The van der Waals surface area contributed by atoms with Crippen molar-refractivity contribution >= 4 is 28.6 Å². The molecule has 1 unspecified atom stereocenters. The minimum atomic E-state index is -0.664. The summed E-state index contributed by atoms with van der Waals surface area (Å²) in [5.41, 5.74) is 3.80. The highest BCUT2D eigenvalue weighted by atomic mass is 16.5. The number of ether oxygens (including phenoxy) is 1. The Morgan fingerprint density at radius 2 is 2.03 bits per heavy atom. The molecule has 1 saturated heterocycles. The highest BCUT2D eigenvalue weighted by molar-refractivity contribution is 6.05. The van der Waals surface area contributed by atoms with Gasteiger partial charge in [-0.25, -0.2) is 4.68 Å². The van der Waals surface area contributed by atoms with Gasteiger partial charge in [0, 0.05) is 34.6 Å². The van der Waals surface area contributed by atoms with Gasteiger partial charge < -0.3 is 14.6 Å². The van der Waals surface area contributed by atoms with E-state index in [4.69, 9.17) is 4.74 Å². The predicted molar refractivity (Wildman–Crippen MR) is 120 cm³/mol. The number of aromatic amines is 1. The van der Waals surface area contributed by atoms with E-state index >= 15 is 0 Å². The number of carbonyl (C=O) groups excluding carboxylic acids is 3. The zero-order chi connectivity index (χ0) is 23.2. The predicted octanol–water partition coefficient (Wildman–Crippen LogP) is 2.09. The van der Waals surface area contributed by atoms with Crippen molar-refractivity contribution in [1.82, 2.24) is 30.2 Å². The SMILES string of the molecule is O=C1CCC(N2Cc3c(OCc4cn(-c5ccc6[nH]ccc6c5)nn4)cccc3C2=O)C(=O)N1. The molecule has 0 bridgehead atoms. The number of hydrogen-bond acceptors (Lipinski definition) is 6. The largest absolute Gasteiger partial charge is 0.487 e. The van der Waals surface area contributed by atoms with Gasteiger partial charge in [0.25, 0.3) is 5.91 Å². The van der Waals surface area contributed by atoms with Crippen molar-refractivity contribution in [3.05, 3.63) is 71.7 Å². The average molecular weight is 456 g/mol. The molecule has 0 saturated carbocycles. The molecule has 0 aliphatic carbocycles. The molecule has 2 aliphatic heterocycles. The number of nitrogens with zero attached hydrogens (tertiary/aromatic N) is 4. The first-order valence-electron chi connectivity index (χ1n) is 10.9. The van der Waals surface area contributed by atoms with E-state index in [0.29, 0.717) is 23.4 Å². The van der Waals surface area contributed by atoms with Crippen LogP contribution in [0.3, 0.4) is 0 Å².